The van der Waals surface area contributed by atoms with Crippen molar-refractivity contribution in [3.63, 3.8) is 0 Å². The number of phenolic OH excluding ortho intramolecular Hbond substituents is 2. The zero-order chi connectivity index (χ0) is 14.6. The first-order valence-corrected chi connectivity index (χ1v) is 6.64. The monoisotopic (exact) mass is 267 g/mol. The highest BCUT2D eigenvalue weighted by molar-refractivity contribution is 5.40. The molecule has 1 aromatic rings. The zero-order valence-corrected chi connectivity index (χ0v) is 12.1. The first-order chi connectivity index (χ1) is 8.75. The van der Waals surface area contributed by atoms with Gasteiger partial charge in [0.1, 0.15) is 11.5 Å². The summed E-state index contributed by atoms with van der Waals surface area (Å²) in [6.45, 7) is 8.43. The van der Waals surface area contributed by atoms with Crippen molar-refractivity contribution in [2.24, 2.45) is 5.41 Å². The molecule has 0 amide bonds. The van der Waals surface area contributed by atoms with Crippen molar-refractivity contribution in [2.45, 2.75) is 46.2 Å². The minimum absolute atomic E-state index is 0.0174. The fourth-order valence-corrected chi connectivity index (χ4v) is 2.19. The van der Waals surface area contributed by atoms with Crippen LogP contribution in [0.15, 0.2) is 18.2 Å². The second-order valence-corrected chi connectivity index (χ2v) is 6.06. The van der Waals surface area contributed by atoms with Crippen molar-refractivity contribution >= 4 is 0 Å². The van der Waals surface area contributed by atoms with E-state index in [-0.39, 0.29) is 35.6 Å². The molecule has 4 nitrogen and oxygen atoms in total. The van der Waals surface area contributed by atoms with E-state index in [2.05, 4.69) is 26.1 Å². The summed E-state index contributed by atoms with van der Waals surface area (Å²) in [6.07, 6.45) is 0.659. The quantitative estimate of drug-likeness (QED) is 0.661. The van der Waals surface area contributed by atoms with E-state index in [1.807, 2.05) is 6.92 Å². The number of nitrogens with one attached hydrogen (secondary N) is 1. The Balaban J connectivity index is 2.84. The molecule has 19 heavy (non-hydrogen) atoms. The third-order valence-corrected chi connectivity index (χ3v) is 3.39. The lowest BCUT2D eigenvalue weighted by Crippen LogP contribution is -2.42. The molecular weight excluding hydrogens is 242 g/mol. The normalized spacial score (nSPS) is 15.2. The maximum Gasteiger partial charge on any atom is 0.124 e. The Bertz CT molecular complexity index is 412. The highest BCUT2D eigenvalue weighted by Crippen LogP contribution is 2.30. The van der Waals surface area contributed by atoms with E-state index in [9.17, 15) is 10.2 Å². The number of aromatic hydroxyl groups is 2. The summed E-state index contributed by atoms with van der Waals surface area (Å²) in [6, 6.07) is 4.69. The van der Waals surface area contributed by atoms with Gasteiger partial charge in [0.25, 0.3) is 0 Å². The van der Waals surface area contributed by atoms with E-state index < -0.39 is 0 Å². The lowest BCUT2D eigenvalue weighted by Gasteiger charge is -2.34. The molecule has 0 aliphatic heterocycles. The van der Waals surface area contributed by atoms with Crippen molar-refractivity contribution in [2.75, 3.05) is 6.61 Å². The van der Waals surface area contributed by atoms with Gasteiger partial charge >= 0.3 is 0 Å². The van der Waals surface area contributed by atoms with Gasteiger partial charge < -0.3 is 20.6 Å². The number of phenols is 2. The van der Waals surface area contributed by atoms with Gasteiger partial charge in [-0.2, -0.15) is 0 Å². The molecule has 0 bridgehead atoms. The molecule has 4 heteroatoms. The van der Waals surface area contributed by atoms with Crippen molar-refractivity contribution in [1.82, 2.24) is 5.32 Å². The van der Waals surface area contributed by atoms with Gasteiger partial charge in [0.2, 0.25) is 0 Å². The van der Waals surface area contributed by atoms with Crippen LogP contribution in [0.1, 0.15) is 45.7 Å². The maximum atomic E-state index is 9.86. The molecule has 2 atom stereocenters. The number of rotatable bonds is 5. The van der Waals surface area contributed by atoms with Gasteiger partial charge in [-0.05, 0) is 24.8 Å². The Morgan fingerprint density at radius 1 is 1.21 bits per heavy atom. The molecule has 0 fully saturated rings. The Kier molecular flexibility index (Phi) is 5.20. The van der Waals surface area contributed by atoms with Gasteiger partial charge in [0.15, 0.2) is 0 Å². The summed E-state index contributed by atoms with van der Waals surface area (Å²) in [4.78, 5) is 0. The van der Waals surface area contributed by atoms with Crippen LogP contribution in [-0.2, 0) is 0 Å². The highest BCUT2D eigenvalue weighted by Gasteiger charge is 2.26. The van der Waals surface area contributed by atoms with Gasteiger partial charge in [-0.1, -0.05) is 26.8 Å². The van der Waals surface area contributed by atoms with Crippen LogP contribution in [0.3, 0.4) is 0 Å². The molecule has 4 N–H and O–H groups in total. The third kappa shape index (κ3) is 4.40. The van der Waals surface area contributed by atoms with Crippen LogP contribution in [0.5, 0.6) is 11.5 Å². The van der Waals surface area contributed by atoms with Crippen molar-refractivity contribution in [3.05, 3.63) is 23.8 Å². The molecule has 0 aromatic heterocycles. The Labute approximate surface area is 115 Å². The van der Waals surface area contributed by atoms with Gasteiger partial charge in [0.05, 0.1) is 0 Å². The molecule has 2 unspecified atom stereocenters. The Morgan fingerprint density at radius 2 is 1.84 bits per heavy atom. The number of aliphatic hydroxyl groups is 1. The van der Waals surface area contributed by atoms with Crippen LogP contribution in [0.4, 0.5) is 0 Å². The van der Waals surface area contributed by atoms with Crippen LogP contribution in [-0.4, -0.2) is 28.0 Å². The molecule has 0 saturated heterocycles. The topological polar surface area (TPSA) is 72.7 Å². The largest absolute Gasteiger partial charge is 0.508 e. The maximum absolute atomic E-state index is 9.86. The third-order valence-electron chi connectivity index (χ3n) is 3.39. The SMILES string of the molecule is CC(NC(CCO)C(C)(C)C)c1ccc(O)cc1O. The van der Waals surface area contributed by atoms with Crippen LogP contribution in [0.25, 0.3) is 0 Å². The molecule has 108 valence electrons. The number of hydrogen-bond donors (Lipinski definition) is 4. The molecule has 0 spiro atoms. The van der Waals surface area contributed by atoms with Gasteiger partial charge in [0, 0.05) is 30.3 Å². The number of benzene rings is 1. The first-order valence-electron chi connectivity index (χ1n) is 6.64. The number of aliphatic hydroxyl groups excluding tert-OH is 1. The van der Waals surface area contributed by atoms with E-state index >= 15 is 0 Å². The summed E-state index contributed by atoms with van der Waals surface area (Å²) in [5, 5.41) is 31.7. The smallest absolute Gasteiger partial charge is 0.124 e. The van der Waals surface area contributed by atoms with E-state index in [4.69, 9.17) is 5.11 Å². The molecule has 0 aliphatic carbocycles. The second kappa shape index (κ2) is 6.26. The Hall–Kier alpha value is -1.26. The predicted octanol–water partition coefficient (Wildman–Crippen LogP) is 2.55. The lowest BCUT2D eigenvalue weighted by atomic mass is 9.84. The first kappa shape index (κ1) is 15.8. The van der Waals surface area contributed by atoms with Gasteiger partial charge in [-0.3, -0.25) is 0 Å². The highest BCUT2D eigenvalue weighted by atomic mass is 16.3. The molecule has 0 aliphatic rings. The van der Waals surface area contributed by atoms with E-state index in [1.165, 1.54) is 6.07 Å². The van der Waals surface area contributed by atoms with Crippen LogP contribution >= 0.6 is 0 Å². The Morgan fingerprint density at radius 3 is 2.32 bits per heavy atom. The molecule has 0 saturated carbocycles. The van der Waals surface area contributed by atoms with E-state index in [0.717, 1.165) is 5.56 Å². The summed E-state index contributed by atoms with van der Waals surface area (Å²) >= 11 is 0. The average Bonchev–Trinajstić information content (AvgIpc) is 2.26. The zero-order valence-electron chi connectivity index (χ0n) is 12.1. The van der Waals surface area contributed by atoms with E-state index in [1.54, 1.807) is 12.1 Å². The van der Waals surface area contributed by atoms with E-state index in [0.29, 0.717) is 6.42 Å². The lowest BCUT2D eigenvalue weighted by molar-refractivity contribution is 0.187. The number of hydrogen-bond acceptors (Lipinski definition) is 4. The van der Waals surface area contributed by atoms with Gasteiger partial charge in [-0.15, -0.1) is 0 Å². The summed E-state index contributed by atoms with van der Waals surface area (Å²) < 4.78 is 0. The van der Waals surface area contributed by atoms with Crippen LogP contribution in [0.2, 0.25) is 0 Å². The summed E-state index contributed by atoms with van der Waals surface area (Å²) in [5.41, 5.74) is 0.758. The second-order valence-electron chi connectivity index (χ2n) is 6.06. The molecule has 1 rings (SSSR count). The summed E-state index contributed by atoms with van der Waals surface area (Å²) in [5.74, 6) is 0.132. The molecular formula is C15H25NO3. The van der Waals surface area contributed by atoms with Crippen LogP contribution in [0, 0.1) is 5.41 Å². The standard InChI is InChI=1S/C15H25NO3/c1-10(12-6-5-11(18)9-13(12)19)16-14(7-8-17)15(2,3)4/h5-6,9-10,14,16-19H,7-8H2,1-4H3. The summed E-state index contributed by atoms with van der Waals surface area (Å²) in [7, 11) is 0. The molecule has 1 aromatic carbocycles. The average molecular weight is 267 g/mol. The van der Waals surface area contributed by atoms with Crippen molar-refractivity contribution < 1.29 is 15.3 Å². The fraction of sp³-hybridized carbons (Fsp3) is 0.600. The van der Waals surface area contributed by atoms with Crippen molar-refractivity contribution in [3.8, 4) is 11.5 Å². The molecule has 0 radical (unpaired) electrons. The predicted molar refractivity (Wildman–Crippen MR) is 76.3 cm³/mol. The fourth-order valence-electron chi connectivity index (χ4n) is 2.19. The van der Waals surface area contributed by atoms with Crippen molar-refractivity contribution in [1.29, 1.82) is 0 Å². The minimum atomic E-state index is -0.0589. The van der Waals surface area contributed by atoms with Gasteiger partial charge in [-0.25, -0.2) is 0 Å². The molecule has 0 heterocycles. The van der Waals surface area contributed by atoms with Crippen LogP contribution < -0.4 is 5.32 Å². The minimum Gasteiger partial charge on any atom is -0.508 e.